The van der Waals surface area contributed by atoms with Gasteiger partial charge in [-0.25, -0.2) is 0 Å². The summed E-state index contributed by atoms with van der Waals surface area (Å²) in [6.45, 7) is 16.9. The lowest BCUT2D eigenvalue weighted by Gasteiger charge is -2.19. The van der Waals surface area contributed by atoms with E-state index in [0.29, 0.717) is 5.41 Å². The van der Waals surface area contributed by atoms with Crippen molar-refractivity contribution in [2.75, 3.05) is 24.6 Å². The summed E-state index contributed by atoms with van der Waals surface area (Å²) in [5.41, 5.74) is 3.31. The molecule has 0 radical (unpaired) electrons. The molecule has 1 aliphatic heterocycles. The van der Waals surface area contributed by atoms with Gasteiger partial charge in [0.1, 0.15) is 0 Å². The molecule has 2 heteroatoms. The Morgan fingerprint density at radius 2 is 1.70 bits per heavy atom. The Hall–Kier alpha value is -0.470. The highest BCUT2D eigenvalue weighted by Gasteiger charge is 2.22. The predicted molar refractivity (Wildman–Crippen MR) is 107 cm³/mol. The zero-order valence-electron chi connectivity index (χ0n) is 16.2. The number of rotatable bonds is 6. The smallest absolute Gasteiger partial charge is 0.0233 e. The first-order chi connectivity index (χ1) is 11.0. The highest BCUT2D eigenvalue weighted by molar-refractivity contribution is 7.99. The van der Waals surface area contributed by atoms with E-state index in [9.17, 15) is 0 Å². The summed E-state index contributed by atoms with van der Waals surface area (Å²) in [6.07, 6.45) is 2.54. The van der Waals surface area contributed by atoms with Crippen LogP contribution in [0.5, 0.6) is 0 Å². The fourth-order valence-electron chi connectivity index (χ4n) is 3.11. The molecule has 0 spiro atoms. The van der Waals surface area contributed by atoms with Gasteiger partial charge < -0.3 is 0 Å². The van der Waals surface area contributed by atoms with Gasteiger partial charge in [0, 0.05) is 13.1 Å². The Balaban J connectivity index is 0.00000127. The van der Waals surface area contributed by atoms with E-state index in [1.165, 1.54) is 42.1 Å². The van der Waals surface area contributed by atoms with Crippen molar-refractivity contribution in [3.63, 3.8) is 0 Å². The highest BCUT2D eigenvalue weighted by Crippen LogP contribution is 2.24. The van der Waals surface area contributed by atoms with Crippen LogP contribution in [0, 0.1) is 11.3 Å². The minimum absolute atomic E-state index is 0.376. The van der Waals surface area contributed by atoms with Crippen molar-refractivity contribution in [3.8, 4) is 0 Å². The van der Waals surface area contributed by atoms with E-state index in [4.69, 9.17) is 0 Å². The van der Waals surface area contributed by atoms with E-state index in [2.05, 4.69) is 68.6 Å². The molecule has 0 aliphatic carbocycles. The van der Waals surface area contributed by atoms with E-state index < -0.39 is 0 Å². The summed E-state index contributed by atoms with van der Waals surface area (Å²) in [7, 11) is 0. The summed E-state index contributed by atoms with van der Waals surface area (Å²) in [6, 6.07) is 9.30. The summed E-state index contributed by atoms with van der Waals surface area (Å²) >= 11 is 2.09. The molecule has 1 atom stereocenters. The van der Waals surface area contributed by atoms with Crippen LogP contribution >= 0.6 is 11.8 Å². The number of nitrogens with zero attached hydrogens (tertiary/aromatic N) is 1. The molecule has 0 bridgehead atoms. The zero-order valence-corrected chi connectivity index (χ0v) is 17.0. The Labute approximate surface area is 149 Å². The third kappa shape index (κ3) is 8.26. The number of benzene rings is 1. The maximum atomic E-state index is 2.62. The molecule has 1 fully saturated rings. The first-order valence-corrected chi connectivity index (χ1v) is 10.5. The number of likely N-dealkylation sites (tertiary alicyclic amines) is 1. The van der Waals surface area contributed by atoms with Crippen LogP contribution in [0.15, 0.2) is 24.3 Å². The van der Waals surface area contributed by atoms with Gasteiger partial charge in [-0.15, -0.1) is 0 Å². The molecule has 23 heavy (non-hydrogen) atoms. The predicted octanol–water partition coefficient (Wildman–Crippen LogP) is 5.88. The van der Waals surface area contributed by atoms with E-state index in [0.717, 1.165) is 18.9 Å². The summed E-state index contributed by atoms with van der Waals surface area (Å²) in [5.74, 6) is 3.51. The average molecular weight is 336 g/mol. The molecule has 0 amide bonds. The summed E-state index contributed by atoms with van der Waals surface area (Å²) in [5, 5.41) is 0. The van der Waals surface area contributed by atoms with Gasteiger partial charge in [-0.1, -0.05) is 65.8 Å². The SMILES string of the molecule is CC.CCSCC1CCN(Cc2ccc(CC(C)(C)C)cc2)C1. The fraction of sp³-hybridized carbons (Fsp3) is 0.714. The molecule has 0 aromatic heterocycles. The standard InChI is InChI=1S/C19H31NS.C2H6/c1-5-21-15-18-10-11-20(14-18)13-17-8-6-16(7-9-17)12-19(2,3)4;1-2/h6-9,18H,5,10-15H2,1-4H3;1-2H3. The van der Waals surface area contributed by atoms with Gasteiger partial charge in [0.25, 0.3) is 0 Å². The maximum Gasteiger partial charge on any atom is 0.0233 e. The number of hydrogen-bond acceptors (Lipinski definition) is 2. The molecule has 1 aromatic rings. The molecule has 2 rings (SSSR count). The van der Waals surface area contributed by atoms with Crippen molar-refractivity contribution in [2.24, 2.45) is 11.3 Å². The van der Waals surface area contributed by atoms with Crippen LogP contribution < -0.4 is 0 Å². The molecule has 1 unspecified atom stereocenters. The van der Waals surface area contributed by atoms with Crippen LogP contribution in [0.2, 0.25) is 0 Å². The van der Waals surface area contributed by atoms with E-state index >= 15 is 0 Å². The van der Waals surface area contributed by atoms with Crippen LogP contribution in [0.4, 0.5) is 0 Å². The van der Waals surface area contributed by atoms with Crippen molar-refractivity contribution in [2.45, 2.75) is 60.9 Å². The third-order valence-corrected chi connectivity index (χ3v) is 5.21. The van der Waals surface area contributed by atoms with Gasteiger partial charge in [0.05, 0.1) is 0 Å². The van der Waals surface area contributed by atoms with Crippen LogP contribution in [-0.2, 0) is 13.0 Å². The molecule has 1 saturated heterocycles. The van der Waals surface area contributed by atoms with E-state index in [1.54, 1.807) is 0 Å². The zero-order chi connectivity index (χ0) is 17.3. The molecule has 0 saturated carbocycles. The molecule has 132 valence electrons. The molecular weight excluding hydrogens is 298 g/mol. The molecule has 0 N–H and O–H groups in total. The third-order valence-electron chi connectivity index (χ3n) is 4.09. The van der Waals surface area contributed by atoms with Crippen LogP contribution in [0.1, 0.15) is 59.1 Å². The molecular formula is C21H37NS. The molecule has 1 heterocycles. The van der Waals surface area contributed by atoms with Gasteiger partial charge >= 0.3 is 0 Å². The normalized spacial score (nSPS) is 18.6. The first-order valence-electron chi connectivity index (χ1n) is 9.34. The molecule has 1 nitrogen and oxygen atoms in total. The van der Waals surface area contributed by atoms with Gasteiger partial charge in [0.2, 0.25) is 0 Å². The first kappa shape index (κ1) is 20.6. The van der Waals surface area contributed by atoms with E-state index in [1.807, 2.05) is 13.8 Å². The van der Waals surface area contributed by atoms with Gasteiger partial charge in [-0.05, 0) is 53.4 Å². The lowest BCUT2D eigenvalue weighted by Crippen LogP contribution is -2.20. The summed E-state index contributed by atoms with van der Waals surface area (Å²) < 4.78 is 0. The number of thioether (sulfide) groups is 1. The van der Waals surface area contributed by atoms with Crippen molar-refractivity contribution in [3.05, 3.63) is 35.4 Å². The second kappa shape index (κ2) is 10.4. The maximum absolute atomic E-state index is 2.62. The van der Waals surface area contributed by atoms with E-state index in [-0.39, 0.29) is 0 Å². The van der Waals surface area contributed by atoms with Gasteiger partial charge in [0.15, 0.2) is 0 Å². The largest absolute Gasteiger partial charge is 0.299 e. The Kier molecular flexibility index (Phi) is 9.31. The van der Waals surface area contributed by atoms with Crippen LogP contribution in [-0.4, -0.2) is 29.5 Å². The quantitative estimate of drug-likeness (QED) is 0.639. The Morgan fingerprint density at radius 1 is 1.09 bits per heavy atom. The van der Waals surface area contributed by atoms with Crippen LogP contribution in [0.3, 0.4) is 0 Å². The van der Waals surface area contributed by atoms with Gasteiger partial charge in [-0.3, -0.25) is 4.90 Å². The van der Waals surface area contributed by atoms with Gasteiger partial charge in [-0.2, -0.15) is 11.8 Å². The minimum Gasteiger partial charge on any atom is -0.299 e. The lowest BCUT2D eigenvalue weighted by molar-refractivity contribution is 0.321. The molecule has 1 aliphatic rings. The summed E-state index contributed by atoms with van der Waals surface area (Å²) in [4.78, 5) is 2.62. The Bertz CT molecular complexity index is 418. The van der Waals surface area contributed by atoms with Crippen molar-refractivity contribution in [1.82, 2.24) is 4.90 Å². The van der Waals surface area contributed by atoms with Crippen molar-refractivity contribution < 1.29 is 0 Å². The topological polar surface area (TPSA) is 3.24 Å². The second-order valence-electron chi connectivity index (χ2n) is 7.60. The van der Waals surface area contributed by atoms with Crippen LogP contribution in [0.25, 0.3) is 0 Å². The average Bonchev–Trinajstić information content (AvgIpc) is 2.95. The second-order valence-corrected chi connectivity index (χ2v) is 8.92. The van der Waals surface area contributed by atoms with Crippen molar-refractivity contribution >= 4 is 11.8 Å². The van der Waals surface area contributed by atoms with Crippen molar-refractivity contribution in [1.29, 1.82) is 0 Å². The minimum atomic E-state index is 0.376. The highest BCUT2D eigenvalue weighted by atomic mass is 32.2. The monoisotopic (exact) mass is 335 g/mol. The fourth-order valence-corrected chi connectivity index (χ4v) is 3.95. The number of hydrogen-bond donors (Lipinski definition) is 0. The Morgan fingerprint density at radius 3 is 2.26 bits per heavy atom. The lowest BCUT2D eigenvalue weighted by atomic mass is 9.88. The molecule has 1 aromatic carbocycles.